The highest BCUT2D eigenvalue weighted by molar-refractivity contribution is 5.61. The molecule has 22 heavy (non-hydrogen) atoms. The lowest BCUT2D eigenvalue weighted by atomic mass is 9.83. The molecular weight excluding hydrogens is 282 g/mol. The fourth-order valence-corrected chi connectivity index (χ4v) is 3.00. The Balaban J connectivity index is 1.84. The largest absolute Gasteiger partial charge is 0.393 e. The molecule has 1 fully saturated rings. The predicted octanol–water partition coefficient (Wildman–Crippen LogP) is 3.21. The number of benzene rings is 1. The summed E-state index contributed by atoms with van der Waals surface area (Å²) in [5.74, 6) is 0.378. The van der Waals surface area contributed by atoms with E-state index in [0.717, 1.165) is 32.1 Å². The minimum Gasteiger partial charge on any atom is -0.393 e. The summed E-state index contributed by atoms with van der Waals surface area (Å²) in [6.45, 7) is 0.690. The number of rotatable bonds is 6. The van der Waals surface area contributed by atoms with Gasteiger partial charge in [0.1, 0.15) is 6.07 Å². The van der Waals surface area contributed by atoms with Crippen LogP contribution in [0.15, 0.2) is 18.2 Å². The van der Waals surface area contributed by atoms with Gasteiger partial charge >= 0.3 is 0 Å². The second-order valence-electron chi connectivity index (χ2n) is 5.78. The summed E-state index contributed by atoms with van der Waals surface area (Å²) in [4.78, 5) is 10.2. The lowest BCUT2D eigenvalue weighted by molar-refractivity contribution is -0.384. The van der Waals surface area contributed by atoms with Gasteiger partial charge < -0.3 is 10.4 Å². The minimum atomic E-state index is -0.505. The van der Waals surface area contributed by atoms with Gasteiger partial charge in [-0.15, -0.1) is 0 Å². The van der Waals surface area contributed by atoms with Crippen LogP contribution in [0, 0.1) is 27.4 Å². The number of nitro groups is 1. The summed E-state index contributed by atoms with van der Waals surface area (Å²) in [5.41, 5.74) is 0.830. The van der Waals surface area contributed by atoms with Crippen molar-refractivity contribution in [2.75, 3.05) is 11.9 Å². The average molecular weight is 303 g/mol. The van der Waals surface area contributed by atoms with Crippen LogP contribution in [-0.4, -0.2) is 22.7 Å². The van der Waals surface area contributed by atoms with Gasteiger partial charge in [-0.05, 0) is 37.7 Å². The molecule has 2 rings (SSSR count). The third-order valence-corrected chi connectivity index (χ3v) is 4.27. The van der Waals surface area contributed by atoms with Crippen LogP contribution in [0.2, 0.25) is 0 Å². The molecule has 118 valence electrons. The molecule has 0 aliphatic heterocycles. The number of aliphatic hydroxyl groups excluding tert-OH is 1. The van der Waals surface area contributed by atoms with Crippen molar-refractivity contribution in [1.82, 2.24) is 0 Å². The molecule has 1 aliphatic carbocycles. The van der Waals surface area contributed by atoms with Crippen LogP contribution in [0.4, 0.5) is 11.4 Å². The molecule has 0 aromatic heterocycles. The van der Waals surface area contributed by atoms with E-state index in [9.17, 15) is 15.2 Å². The number of hydrogen-bond donors (Lipinski definition) is 2. The van der Waals surface area contributed by atoms with Crippen LogP contribution in [0.5, 0.6) is 0 Å². The maximum Gasteiger partial charge on any atom is 0.270 e. The molecule has 0 amide bonds. The minimum absolute atomic E-state index is 0.0765. The van der Waals surface area contributed by atoms with Crippen molar-refractivity contribution in [2.24, 2.45) is 5.92 Å². The molecule has 1 aromatic carbocycles. The highest BCUT2D eigenvalue weighted by Crippen LogP contribution is 2.28. The number of non-ortho nitro benzene ring substituents is 1. The van der Waals surface area contributed by atoms with E-state index in [1.807, 2.05) is 6.07 Å². The zero-order chi connectivity index (χ0) is 15.9. The molecule has 1 aromatic rings. The van der Waals surface area contributed by atoms with Crippen LogP contribution < -0.4 is 5.32 Å². The van der Waals surface area contributed by atoms with Crippen molar-refractivity contribution >= 4 is 11.4 Å². The fourth-order valence-electron chi connectivity index (χ4n) is 3.00. The number of nitrogens with zero attached hydrogens (tertiary/aromatic N) is 2. The molecule has 0 spiro atoms. The topological polar surface area (TPSA) is 99.2 Å². The van der Waals surface area contributed by atoms with E-state index in [1.165, 1.54) is 18.6 Å². The first-order valence-electron chi connectivity index (χ1n) is 7.72. The Morgan fingerprint density at radius 1 is 1.41 bits per heavy atom. The summed E-state index contributed by atoms with van der Waals surface area (Å²) in [7, 11) is 0. The molecule has 6 nitrogen and oxygen atoms in total. The Kier molecular flexibility index (Phi) is 5.73. The summed E-state index contributed by atoms with van der Waals surface area (Å²) in [6.07, 6.45) is 5.98. The Hall–Kier alpha value is -2.13. The molecule has 2 atom stereocenters. The second-order valence-corrected chi connectivity index (χ2v) is 5.78. The summed E-state index contributed by atoms with van der Waals surface area (Å²) in [6, 6.07) is 6.24. The molecule has 0 heterocycles. The quantitative estimate of drug-likeness (QED) is 0.477. The average Bonchev–Trinajstić information content (AvgIpc) is 2.53. The van der Waals surface area contributed by atoms with E-state index in [4.69, 9.17) is 5.26 Å². The van der Waals surface area contributed by atoms with Gasteiger partial charge in [0, 0.05) is 18.7 Å². The predicted molar refractivity (Wildman–Crippen MR) is 83.5 cm³/mol. The Bertz CT molecular complexity index is 568. The number of anilines is 1. The zero-order valence-corrected chi connectivity index (χ0v) is 12.5. The molecule has 1 aliphatic rings. The maximum absolute atomic E-state index is 10.7. The molecule has 2 unspecified atom stereocenters. The second kappa shape index (κ2) is 7.76. The van der Waals surface area contributed by atoms with Crippen LogP contribution in [0.3, 0.4) is 0 Å². The van der Waals surface area contributed by atoms with Crippen molar-refractivity contribution in [3.63, 3.8) is 0 Å². The highest BCUT2D eigenvalue weighted by Gasteiger charge is 2.22. The molecule has 2 N–H and O–H groups in total. The highest BCUT2D eigenvalue weighted by atomic mass is 16.6. The van der Waals surface area contributed by atoms with E-state index in [2.05, 4.69) is 5.32 Å². The Labute approximate surface area is 129 Å². The third-order valence-electron chi connectivity index (χ3n) is 4.27. The lowest BCUT2D eigenvalue weighted by Crippen LogP contribution is -2.24. The Morgan fingerprint density at radius 2 is 2.18 bits per heavy atom. The molecule has 1 saturated carbocycles. The van der Waals surface area contributed by atoms with Crippen LogP contribution in [0.25, 0.3) is 0 Å². The van der Waals surface area contributed by atoms with Gasteiger partial charge in [0.05, 0.1) is 22.3 Å². The number of nitrogens with one attached hydrogen (secondary N) is 1. The molecular formula is C16H21N3O3. The van der Waals surface area contributed by atoms with E-state index >= 15 is 0 Å². The van der Waals surface area contributed by atoms with Crippen molar-refractivity contribution in [2.45, 2.75) is 44.6 Å². The van der Waals surface area contributed by atoms with Crippen LogP contribution in [0.1, 0.15) is 44.1 Å². The number of nitriles is 1. The maximum atomic E-state index is 10.7. The fraction of sp³-hybridized carbons (Fsp3) is 0.562. The van der Waals surface area contributed by atoms with E-state index in [-0.39, 0.29) is 17.4 Å². The first kappa shape index (κ1) is 16.2. The number of hydrogen-bond acceptors (Lipinski definition) is 5. The summed E-state index contributed by atoms with van der Waals surface area (Å²) < 4.78 is 0. The van der Waals surface area contributed by atoms with Gasteiger partial charge in [-0.3, -0.25) is 10.1 Å². The van der Waals surface area contributed by atoms with Gasteiger partial charge in [-0.1, -0.05) is 12.8 Å². The summed E-state index contributed by atoms with van der Waals surface area (Å²) in [5, 5.41) is 32.9. The van der Waals surface area contributed by atoms with E-state index in [0.29, 0.717) is 18.2 Å². The van der Waals surface area contributed by atoms with Gasteiger partial charge in [-0.25, -0.2) is 0 Å². The molecule has 0 saturated heterocycles. The summed E-state index contributed by atoms with van der Waals surface area (Å²) >= 11 is 0. The number of aliphatic hydroxyl groups is 1. The van der Waals surface area contributed by atoms with Crippen LogP contribution >= 0.6 is 0 Å². The van der Waals surface area contributed by atoms with Crippen molar-refractivity contribution in [3.05, 3.63) is 33.9 Å². The smallest absolute Gasteiger partial charge is 0.270 e. The van der Waals surface area contributed by atoms with Gasteiger partial charge in [0.2, 0.25) is 0 Å². The van der Waals surface area contributed by atoms with E-state index in [1.54, 1.807) is 6.07 Å². The van der Waals surface area contributed by atoms with Crippen molar-refractivity contribution in [3.8, 4) is 6.07 Å². The zero-order valence-electron chi connectivity index (χ0n) is 12.5. The van der Waals surface area contributed by atoms with Crippen molar-refractivity contribution < 1.29 is 10.0 Å². The van der Waals surface area contributed by atoms with Gasteiger partial charge in [-0.2, -0.15) is 5.26 Å². The first-order valence-corrected chi connectivity index (χ1v) is 7.72. The van der Waals surface area contributed by atoms with Gasteiger partial charge in [0.25, 0.3) is 5.69 Å². The molecule has 0 radical (unpaired) electrons. The van der Waals surface area contributed by atoms with E-state index < -0.39 is 4.92 Å². The molecule has 6 heteroatoms. The monoisotopic (exact) mass is 303 g/mol. The number of nitro benzene ring substituents is 1. The van der Waals surface area contributed by atoms with Crippen molar-refractivity contribution in [1.29, 1.82) is 5.26 Å². The lowest BCUT2D eigenvalue weighted by Gasteiger charge is -2.27. The molecule has 0 bridgehead atoms. The normalized spacial score (nSPS) is 21.1. The SMILES string of the molecule is N#Cc1cc([N+](=O)[O-])ccc1NCCCC1CCCCC1O. The standard InChI is InChI=1S/C16H21N3O3/c17-11-13-10-14(19(21)22)7-8-15(13)18-9-3-5-12-4-1-2-6-16(12)20/h7-8,10,12,16,18,20H,1-6,9H2. The third kappa shape index (κ3) is 4.18. The first-order chi connectivity index (χ1) is 10.6. The van der Waals surface area contributed by atoms with Gasteiger partial charge in [0.15, 0.2) is 0 Å². The Morgan fingerprint density at radius 3 is 2.86 bits per heavy atom. The van der Waals surface area contributed by atoms with Crippen LogP contribution in [-0.2, 0) is 0 Å².